The van der Waals surface area contributed by atoms with E-state index in [0.717, 1.165) is 21.3 Å². The van der Waals surface area contributed by atoms with Crippen LogP contribution in [0, 0.1) is 3.57 Å². The Balaban J connectivity index is 2.00. The fourth-order valence-corrected chi connectivity index (χ4v) is 4.49. The number of hydrogen-bond acceptors (Lipinski definition) is 6. The second-order valence-corrected chi connectivity index (χ2v) is 8.92. The van der Waals surface area contributed by atoms with E-state index in [1.165, 1.54) is 18.9 Å². The van der Waals surface area contributed by atoms with Crippen molar-refractivity contribution in [3.05, 3.63) is 54.3 Å². The lowest BCUT2D eigenvalue weighted by Gasteiger charge is -2.23. The number of nitrogens with zero attached hydrogens (tertiary/aromatic N) is 2. The molecule has 1 aromatic heterocycles. The number of H-pyrrole nitrogens is 1. The molecular formula is C18H15BrIN4O3S+. The Morgan fingerprint density at radius 2 is 2.14 bits per heavy atom. The van der Waals surface area contributed by atoms with Gasteiger partial charge in [0.2, 0.25) is 5.16 Å². The molecule has 3 N–H and O–H groups in total. The Hall–Kier alpha value is -1.79. The van der Waals surface area contributed by atoms with Gasteiger partial charge < -0.3 is 15.2 Å². The van der Waals surface area contributed by atoms with E-state index in [0.29, 0.717) is 20.2 Å². The van der Waals surface area contributed by atoms with E-state index in [9.17, 15) is 9.90 Å². The first kappa shape index (κ1) is 19.5. The zero-order valence-corrected chi connectivity index (χ0v) is 19.3. The SMILES string of the molecule is COc1cc([C@H]2Nc3ccc(Br)cc3-c3c(=O)[nH]c(SC)n[n+]32)cc(I)c1O. The van der Waals surface area contributed by atoms with Crippen molar-refractivity contribution in [1.82, 2.24) is 10.1 Å². The van der Waals surface area contributed by atoms with Gasteiger partial charge in [0.1, 0.15) is 0 Å². The number of aromatic amines is 1. The molecule has 3 aromatic rings. The number of anilines is 1. The van der Waals surface area contributed by atoms with Crippen LogP contribution < -0.4 is 20.3 Å². The maximum atomic E-state index is 12.9. The van der Waals surface area contributed by atoms with Crippen LogP contribution in [0.4, 0.5) is 5.69 Å². The summed E-state index contributed by atoms with van der Waals surface area (Å²) in [5, 5.41) is 18.8. The van der Waals surface area contributed by atoms with E-state index < -0.39 is 6.17 Å². The molecule has 7 nitrogen and oxygen atoms in total. The number of methoxy groups -OCH3 is 1. The molecule has 2 heterocycles. The molecule has 144 valence electrons. The fourth-order valence-electron chi connectivity index (χ4n) is 3.14. The molecule has 0 aliphatic carbocycles. The van der Waals surface area contributed by atoms with E-state index in [4.69, 9.17) is 4.74 Å². The number of phenols is 1. The zero-order chi connectivity index (χ0) is 20.0. The summed E-state index contributed by atoms with van der Waals surface area (Å²) in [5.74, 6) is 0.447. The number of benzene rings is 2. The van der Waals surface area contributed by atoms with Gasteiger partial charge in [0.05, 0.1) is 21.9 Å². The van der Waals surface area contributed by atoms with Crippen LogP contribution in [0.3, 0.4) is 0 Å². The molecule has 28 heavy (non-hydrogen) atoms. The normalized spacial score (nSPS) is 14.8. The highest BCUT2D eigenvalue weighted by atomic mass is 127. The Labute approximate surface area is 186 Å². The molecule has 4 rings (SSSR count). The molecule has 0 amide bonds. The number of ether oxygens (including phenoxy) is 1. The van der Waals surface area contributed by atoms with E-state index in [1.54, 1.807) is 10.7 Å². The Bertz CT molecular complexity index is 1150. The van der Waals surface area contributed by atoms with Gasteiger partial charge in [-0.25, -0.2) is 0 Å². The monoisotopic (exact) mass is 573 g/mol. The minimum atomic E-state index is -0.445. The van der Waals surface area contributed by atoms with Crippen LogP contribution in [-0.2, 0) is 0 Å². The molecule has 0 bridgehead atoms. The zero-order valence-electron chi connectivity index (χ0n) is 14.8. The number of fused-ring (bicyclic) bond motifs is 3. The van der Waals surface area contributed by atoms with E-state index in [2.05, 4.69) is 53.9 Å². The molecule has 0 unspecified atom stereocenters. The molecule has 0 saturated carbocycles. The third-order valence-electron chi connectivity index (χ3n) is 4.42. The molecule has 0 saturated heterocycles. The lowest BCUT2D eigenvalue weighted by Crippen LogP contribution is -2.55. The number of phenolic OH excluding ortho intramolecular Hbond substituents is 1. The number of halogens is 2. The second kappa shape index (κ2) is 7.56. The molecule has 10 heteroatoms. The average Bonchev–Trinajstić information content (AvgIpc) is 2.68. The van der Waals surface area contributed by atoms with Crippen molar-refractivity contribution in [2.24, 2.45) is 0 Å². The van der Waals surface area contributed by atoms with Crippen LogP contribution in [0.2, 0.25) is 0 Å². The summed E-state index contributed by atoms with van der Waals surface area (Å²) in [6, 6.07) is 9.31. The maximum Gasteiger partial charge on any atom is 0.325 e. The lowest BCUT2D eigenvalue weighted by molar-refractivity contribution is -0.759. The van der Waals surface area contributed by atoms with E-state index >= 15 is 0 Å². The lowest BCUT2D eigenvalue weighted by atomic mass is 10.0. The molecule has 0 radical (unpaired) electrons. The molecular weight excluding hydrogens is 559 g/mol. The summed E-state index contributed by atoms with van der Waals surface area (Å²) in [6.45, 7) is 0. The van der Waals surface area contributed by atoms with Gasteiger partial charge in [-0.15, -0.1) is 0 Å². The van der Waals surface area contributed by atoms with E-state index in [1.807, 2.05) is 30.5 Å². The molecule has 1 atom stereocenters. The molecule has 0 spiro atoms. The Morgan fingerprint density at radius 3 is 2.86 bits per heavy atom. The summed E-state index contributed by atoms with van der Waals surface area (Å²) in [6.07, 6.45) is 1.41. The first-order chi connectivity index (χ1) is 13.4. The van der Waals surface area contributed by atoms with Gasteiger partial charge in [-0.2, -0.15) is 0 Å². The Kier molecular flexibility index (Phi) is 5.27. The maximum absolute atomic E-state index is 12.9. The predicted molar refractivity (Wildman–Crippen MR) is 119 cm³/mol. The third kappa shape index (κ3) is 3.26. The average molecular weight is 574 g/mol. The van der Waals surface area contributed by atoms with Gasteiger partial charge in [0, 0.05) is 15.1 Å². The highest BCUT2D eigenvalue weighted by Gasteiger charge is 2.38. The minimum Gasteiger partial charge on any atom is -0.504 e. The quantitative estimate of drug-likeness (QED) is 0.252. The Morgan fingerprint density at radius 1 is 1.36 bits per heavy atom. The van der Waals surface area contributed by atoms with Crippen molar-refractivity contribution in [3.8, 4) is 22.8 Å². The first-order valence-electron chi connectivity index (χ1n) is 8.16. The summed E-state index contributed by atoms with van der Waals surface area (Å²) in [5.41, 5.74) is 2.63. The summed E-state index contributed by atoms with van der Waals surface area (Å²) in [7, 11) is 1.51. The second-order valence-electron chi connectivity index (χ2n) is 6.05. The predicted octanol–water partition coefficient (Wildman–Crippen LogP) is 3.50. The van der Waals surface area contributed by atoms with Crippen molar-refractivity contribution in [2.75, 3.05) is 18.7 Å². The van der Waals surface area contributed by atoms with Crippen molar-refractivity contribution >= 4 is 56.0 Å². The van der Waals surface area contributed by atoms with E-state index in [-0.39, 0.29) is 11.3 Å². The van der Waals surface area contributed by atoms with Crippen LogP contribution in [0.1, 0.15) is 11.7 Å². The number of rotatable bonds is 3. The number of thioether (sulfide) groups is 1. The van der Waals surface area contributed by atoms with Crippen LogP contribution in [-0.4, -0.2) is 28.6 Å². The van der Waals surface area contributed by atoms with Gasteiger partial charge in [-0.3, -0.25) is 9.78 Å². The summed E-state index contributed by atoms with van der Waals surface area (Å²) < 4.78 is 8.50. The van der Waals surface area contributed by atoms with Crippen LogP contribution in [0.15, 0.2) is 44.8 Å². The summed E-state index contributed by atoms with van der Waals surface area (Å²) >= 11 is 6.89. The fraction of sp³-hybridized carbons (Fsp3) is 0.167. The third-order valence-corrected chi connectivity index (χ3v) is 6.30. The summed E-state index contributed by atoms with van der Waals surface area (Å²) in [4.78, 5) is 15.7. The number of nitrogens with one attached hydrogen (secondary N) is 2. The van der Waals surface area contributed by atoms with Crippen molar-refractivity contribution in [3.63, 3.8) is 0 Å². The van der Waals surface area contributed by atoms with Gasteiger partial charge >= 0.3 is 11.3 Å². The van der Waals surface area contributed by atoms with Gasteiger partial charge in [0.25, 0.3) is 6.17 Å². The molecule has 2 aromatic carbocycles. The van der Waals surface area contributed by atoms with Crippen molar-refractivity contribution < 1.29 is 14.5 Å². The van der Waals surface area contributed by atoms with Crippen molar-refractivity contribution in [1.29, 1.82) is 0 Å². The molecule has 1 aliphatic heterocycles. The van der Waals surface area contributed by atoms with Gasteiger partial charge in [-0.05, 0) is 63.9 Å². The topological polar surface area (TPSA) is 91.1 Å². The number of aromatic nitrogens is 3. The van der Waals surface area contributed by atoms with Gasteiger partial charge in [0.15, 0.2) is 11.5 Å². The molecule has 1 aliphatic rings. The standard InChI is InChI=1S/C18H14BrIN4O3S/c1-27-13-6-8(5-11(20)15(13)25)16-21-12-4-3-9(19)7-10(12)14-17(26)22-18(28-2)23-24(14)16/h3-7,16H,1-2H3,(H2,22,23,25,26)/p+1/t16-/m0/s1. The largest absolute Gasteiger partial charge is 0.504 e. The molecule has 0 fully saturated rings. The van der Waals surface area contributed by atoms with Crippen LogP contribution in [0.25, 0.3) is 11.3 Å². The minimum absolute atomic E-state index is 0.0842. The van der Waals surface area contributed by atoms with Gasteiger partial charge in [-0.1, -0.05) is 27.7 Å². The number of aromatic hydroxyl groups is 1. The highest BCUT2D eigenvalue weighted by molar-refractivity contribution is 14.1. The van der Waals surface area contributed by atoms with Crippen LogP contribution >= 0.6 is 50.3 Å². The highest BCUT2D eigenvalue weighted by Crippen LogP contribution is 2.38. The van der Waals surface area contributed by atoms with Crippen molar-refractivity contribution in [2.45, 2.75) is 11.3 Å². The van der Waals surface area contributed by atoms with Crippen LogP contribution in [0.5, 0.6) is 11.5 Å². The smallest absolute Gasteiger partial charge is 0.325 e. The first-order valence-corrected chi connectivity index (χ1v) is 11.3. The number of hydrogen-bond donors (Lipinski definition) is 3.